The van der Waals surface area contributed by atoms with E-state index in [1.54, 1.807) is 7.11 Å². The van der Waals surface area contributed by atoms with E-state index in [0.717, 1.165) is 17.1 Å². The molecule has 6 heteroatoms. The second kappa shape index (κ2) is 8.77. The van der Waals surface area contributed by atoms with Crippen LogP contribution in [0.5, 0.6) is 11.5 Å². The third-order valence-electron chi connectivity index (χ3n) is 3.89. The van der Waals surface area contributed by atoms with Gasteiger partial charge in [-0.15, -0.1) is 0 Å². The van der Waals surface area contributed by atoms with E-state index < -0.39 is 0 Å². The first kappa shape index (κ1) is 19.0. The first-order valence-electron chi connectivity index (χ1n) is 8.63. The highest BCUT2D eigenvalue weighted by Gasteiger charge is 2.06. The third-order valence-corrected chi connectivity index (χ3v) is 4.73. The number of ether oxygens (including phenoxy) is 2. The average molecular weight is 382 g/mol. The topological polar surface area (TPSA) is 64.2 Å². The number of H-pyrrole nitrogens is 1. The summed E-state index contributed by atoms with van der Waals surface area (Å²) < 4.78 is 11.0. The maximum absolute atomic E-state index is 12.0. The van der Waals surface area contributed by atoms with Crippen molar-refractivity contribution in [1.82, 2.24) is 9.97 Å². The number of aromatic amines is 1. The van der Waals surface area contributed by atoms with E-state index >= 15 is 0 Å². The smallest absolute Gasteiger partial charge is 0.252 e. The number of hydrogen-bond acceptors (Lipinski definition) is 5. The van der Waals surface area contributed by atoms with Crippen LogP contribution in [0.3, 0.4) is 0 Å². The van der Waals surface area contributed by atoms with Crippen LogP contribution < -0.4 is 15.0 Å². The van der Waals surface area contributed by atoms with Gasteiger partial charge in [0.05, 0.1) is 19.4 Å². The van der Waals surface area contributed by atoms with Gasteiger partial charge in [0.2, 0.25) is 0 Å². The van der Waals surface area contributed by atoms with E-state index in [0.29, 0.717) is 23.2 Å². The van der Waals surface area contributed by atoms with Crippen molar-refractivity contribution in [3.05, 3.63) is 70.0 Å². The predicted octanol–water partition coefficient (Wildman–Crippen LogP) is 4.23. The minimum Gasteiger partial charge on any atom is -0.497 e. The molecule has 27 heavy (non-hydrogen) atoms. The summed E-state index contributed by atoms with van der Waals surface area (Å²) in [4.78, 5) is 19.3. The van der Waals surface area contributed by atoms with Gasteiger partial charge in [-0.1, -0.05) is 17.8 Å². The molecule has 3 aromatic rings. The van der Waals surface area contributed by atoms with Crippen LogP contribution >= 0.6 is 11.8 Å². The number of aryl methyl sites for hydroxylation is 2. The number of methoxy groups -OCH3 is 1. The largest absolute Gasteiger partial charge is 0.497 e. The lowest BCUT2D eigenvalue weighted by Gasteiger charge is -2.08. The summed E-state index contributed by atoms with van der Waals surface area (Å²) in [5.41, 5.74) is 3.69. The van der Waals surface area contributed by atoms with Crippen molar-refractivity contribution in [2.45, 2.75) is 19.0 Å². The molecule has 1 heterocycles. The number of rotatable bonds is 7. The van der Waals surface area contributed by atoms with Gasteiger partial charge < -0.3 is 14.5 Å². The highest BCUT2D eigenvalue weighted by molar-refractivity contribution is 7.99. The van der Waals surface area contributed by atoms with Crippen LogP contribution in [0.1, 0.15) is 11.1 Å². The molecule has 140 valence electrons. The summed E-state index contributed by atoms with van der Waals surface area (Å²) in [7, 11) is 1.62. The summed E-state index contributed by atoms with van der Waals surface area (Å²) >= 11 is 1.46. The van der Waals surface area contributed by atoms with E-state index in [1.807, 2.05) is 50.2 Å². The van der Waals surface area contributed by atoms with Gasteiger partial charge in [0.15, 0.2) is 5.16 Å². The van der Waals surface area contributed by atoms with E-state index in [9.17, 15) is 4.79 Å². The maximum atomic E-state index is 12.0. The molecule has 0 amide bonds. The van der Waals surface area contributed by atoms with Crippen LogP contribution in [0, 0.1) is 13.8 Å². The Morgan fingerprint density at radius 3 is 2.37 bits per heavy atom. The van der Waals surface area contributed by atoms with Crippen molar-refractivity contribution >= 4 is 11.8 Å². The molecule has 5 nitrogen and oxygen atoms in total. The highest BCUT2D eigenvalue weighted by Crippen LogP contribution is 2.22. The van der Waals surface area contributed by atoms with Crippen LogP contribution in [-0.4, -0.2) is 29.4 Å². The SMILES string of the molecule is COc1ccc(-c2cc(=O)[nH]c(SCCOc3cc(C)cc(C)c3)n2)cc1. The monoisotopic (exact) mass is 382 g/mol. The number of hydrogen-bond donors (Lipinski definition) is 1. The van der Waals surface area contributed by atoms with Gasteiger partial charge in [-0.2, -0.15) is 0 Å². The fraction of sp³-hybridized carbons (Fsp3) is 0.238. The predicted molar refractivity (Wildman–Crippen MR) is 109 cm³/mol. The Kier molecular flexibility index (Phi) is 6.19. The van der Waals surface area contributed by atoms with Crippen molar-refractivity contribution in [1.29, 1.82) is 0 Å². The van der Waals surface area contributed by atoms with Crippen molar-refractivity contribution in [2.75, 3.05) is 19.5 Å². The van der Waals surface area contributed by atoms with Crippen molar-refractivity contribution < 1.29 is 9.47 Å². The van der Waals surface area contributed by atoms with Gasteiger partial charge in [0.1, 0.15) is 11.5 Å². The number of nitrogens with one attached hydrogen (secondary N) is 1. The van der Waals surface area contributed by atoms with E-state index in [4.69, 9.17) is 9.47 Å². The zero-order valence-corrected chi connectivity index (χ0v) is 16.4. The highest BCUT2D eigenvalue weighted by atomic mass is 32.2. The summed E-state index contributed by atoms with van der Waals surface area (Å²) in [5, 5.41) is 0.581. The summed E-state index contributed by atoms with van der Waals surface area (Å²) in [5.74, 6) is 2.31. The van der Waals surface area contributed by atoms with Crippen molar-refractivity contribution in [2.24, 2.45) is 0 Å². The maximum Gasteiger partial charge on any atom is 0.252 e. The zero-order chi connectivity index (χ0) is 19.2. The molecule has 0 fully saturated rings. The summed E-state index contributed by atoms with van der Waals surface area (Å²) in [6.07, 6.45) is 0. The Hall–Kier alpha value is -2.73. The normalized spacial score (nSPS) is 10.6. The molecule has 0 spiro atoms. The fourth-order valence-corrected chi connectivity index (χ4v) is 3.42. The van der Waals surface area contributed by atoms with Gasteiger partial charge in [-0.05, 0) is 61.4 Å². The molecule has 1 aromatic heterocycles. The van der Waals surface area contributed by atoms with Gasteiger partial charge in [0.25, 0.3) is 5.56 Å². The molecule has 0 saturated heterocycles. The quantitative estimate of drug-likeness (QED) is 0.376. The van der Waals surface area contributed by atoms with Crippen LogP contribution in [0.25, 0.3) is 11.3 Å². The number of benzene rings is 2. The molecule has 3 rings (SSSR count). The van der Waals surface area contributed by atoms with Crippen LogP contribution in [0.15, 0.2) is 58.5 Å². The molecule has 0 aliphatic carbocycles. The molecule has 0 aliphatic rings. The third kappa shape index (κ3) is 5.37. The molecule has 0 atom stereocenters. The minimum absolute atomic E-state index is 0.173. The number of aromatic nitrogens is 2. The first-order chi connectivity index (χ1) is 13.0. The molecule has 0 aliphatic heterocycles. The number of thioether (sulfide) groups is 1. The molecule has 0 saturated carbocycles. The van der Waals surface area contributed by atoms with Crippen LogP contribution in [0.2, 0.25) is 0 Å². The standard InChI is InChI=1S/C21H22N2O3S/c1-14-10-15(2)12-18(11-14)26-8-9-27-21-22-19(13-20(24)23-21)16-4-6-17(25-3)7-5-16/h4-7,10-13H,8-9H2,1-3H3,(H,22,23,24). The summed E-state index contributed by atoms with van der Waals surface area (Å²) in [6, 6.07) is 15.1. The van der Waals surface area contributed by atoms with Crippen molar-refractivity contribution in [3.63, 3.8) is 0 Å². The van der Waals surface area contributed by atoms with Gasteiger partial charge >= 0.3 is 0 Å². The molecular weight excluding hydrogens is 360 g/mol. The van der Waals surface area contributed by atoms with E-state index in [2.05, 4.69) is 16.0 Å². The Morgan fingerprint density at radius 1 is 1.00 bits per heavy atom. The Balaban J connectivity index is 1.63. The first-order valence-corrected chi connectivity index (χ1v) is 9.62. The lowest BCUT2D eigenvalue weighted by Crippen LogP contribution is -2.09. The molecule has 0 unspecified atom stereocenters. The fourth-order valence-electron chi connectivity index (χ4n) is 2.73. The molecule has 0 radical (unpaired) electrons. The van der Waals surface area contributed by atoms with Crippen LogP contribution in [-0.2, 0) is 0 Å². The van der Waals surface area contributed by atoms with E-state index in [-0.39, 0.29) is 5.56 Å². The lowest BCUT2D eigenvalue weighted by atomic mass is 10.1. The molecule has 2 aromatic carbocycles. The second-order valence-electron chi connectivity index (χ2n) is 6.18. The number of nitrogens with zero attached hydrogens (tertiary/aromatic N) is 1. The minimum atomic E-state index is -0.173. The van der Waals surface area contributed by atoms with Crippen LogP contribution in [0.4, 0.5) is 0 Å². The van der Waals surface area contributed by atoms with Gasteiger partial charge in [0, 0.05) is 17.4 Å². The van der Waals surface area contributed by atoms with E-state index in [1.165, 1.54) is 29.0 Å². The van der Waals surface area contributed by atoms with Gasteiger partial charge in [-0.25, -0.2) is 4.98 Å². The Labute approximate surface area is 162 Å². The Bertz CT molecular complexity index is 948. The second-order valence-corrected chi connectivity index (χ2v) is 7.27. The van der Waals surface area contributed by atoms with Crippen molar-refractivity contribution in [3.8, 4) is 22.8 Å². The average Bonchev–Trinajstić information content (AvgIpc) is 2.64. The Morgan fingerprint density at radius 2 is 1.70 bits per heavy atom. The summed E-state index contributed by atoms with van der Waals surface area (Å²) in [6.45, 7) is 4.63. The molecule has 0 bridgehead atoms. The zero-order valence-electron chi connectivity index (χ0n) is 15.6. The molecular formula is C21H22N2O3S. The molecule has 1 N–H and O–H groups in total. The van der Waals surface area contributed by atoms with Gasteiger partial charge in [-0.3, -0.25) is 4.79 Å². The lowest BCUT2D eigenvalue weighted by molar-refractivity contribution is 0.343.